The first-order valence-corrected chi connectivity index (χ1v) is 8.91. The van der Waals surface area contributed by atoms with Gasteiger partial charge in [0.1, 0.15) is 0 Å². The summed E-state index contributed by atoms with van der Waals surface area (Å²) in [7, 11) is -2.05. The summed E-state index contributed by atoms with van der Waals surface area (Å²) in [6.45, 7) is 0.457. The van der Waals surface area contributed by atoms with Gasteiger partial charge < -0.3 is 15.3 Å². The molecular formula is C10H19N3O5S2. The number of carboxylic acid groups (broad SMARTS) is 1. The van der Waals surface area contributed by atoms with Crippen LogP contribution in [0.2, 0.25) is 0 Å². The van der Waals surface area contributed by atoms with Crippen LogP contribution in [-0.2, 0) is 14.8 Å². The second kappa shape index (κ2) is 7.70. The first-order chi connectivity index (χ1) is 9.35. The summed E-state index contributed by atoms with van der Waals surface area (Å²) in [4.78, 5) is 24.2. The third-order valence-electron chi connectivity index (χ3n) is 2.86. The lowest BCUT2D eigenvalue weighted by molar-refractivity contribution is -0.137. The van der Waals surface area contributed by atoms with Crippen LogP contribution in [-0.4, -0.2) is 73.9 Å². The molecule has 8 nitrogen and oxygen atoms in total. The van der Waals surface area contributed by atoms with Gasteiger partial charge >= 0.3 is 12.0 Å². The largest absolute Gasteiger partial charge is 0.481 e. The average molecular weight is 325 g/mol. The molecule has 1 saturated heterocycles. The highest BCUT2D eigenvalue weighted by molar-refractivity contribution is 7.99. The van der Waals surface area contributed by atoms with E-state index in [-0.39, 0.29) is 24.8 Å². The van der Waals surface area contributed by atoms with Crippen molar-refractivity contribution in [2.24, 2.45) is 0 Å². The summed E-state index contributed by atoms with van der Waals surface area (Å²) < 4.78 is 24.6. The molecule has 1 atom stereocenters. The Bertz CT molecular complexity index is 454. The minimum Gasteiger partial charge on any atom is -0.481 e. The van der Waals surface area contributed by atoms with Crippen LogP contribution < -0.4 is 10.0 Å². The Hall–Kier alpha value is -1.00. The summed E-state index contributed by atoms with van der Waals surface area (Å²) in [6, 6.07) is -0.769. The zero-order chi connectivity index (χ0) is 15.2. The normalized spacial score (nSPS) is 19.6. The van der Waals surface area contributed by atoms with Gasteiger partial charge in [0.05, 0.1) is 18.2 Å². The highest BCUT2D eigenvalue weighted by atomic mass is 32.2. The molecule has 0 bridgehead atoms. The molecule has 0 spiro atoms. The topological polar surface area (TPSA) is 116 Å². The number of hydrogen-bond acceptors (Lipinski definition) is 5. The fourth-order valence-electron chi connectivity index (χ4n) is 1.79. The predicted octanol–water partition coefficient (Wildman–Crippen LogP) is -0.863. The number of rotatable bonds is 6. The highest BCUT2D eigenvalue weighted by Gasteiger charge is 2.28. The molecule has 1 aliphatic heterocycles. The Morgan fingerprint density at radius 3 is 2.75 bits per heavy atom. The van der Waals surface area contributed by atoms with Crippen LogP contribution in [0.4, 0.5) is 4.79 Å². The van der Waals surface area contributed by atoms with E-state index in [2.05, 4.69) is 10.0 Å². The SMILES string of the molecule is CNS(=O)(=O)CCNC(=O)N1CCSCC1CC(=O)O. The van der Waals surface area contributed by atoms with Crippen molar-refractivity contribution < 1.29 is 23.1 Å². The molecule has 0 aromatic heterocycles. The molecule has 0 aromatic carbocycles. The Labute approximate surface area is 122 Å². The second-order valence-corrected chi connectivity index (χ2v) is 7.47. The van der Waals surface area contributed by atoms with Crippen LogP contribution in [0.1, 0.15) is 6.42 Å². The number of hydrogen-bond donors (Lipinski definition) is 3. The van der Waals surface area contributed by atoms with E-state index in [4.69, 9.17) is 5.11 Å². The van der Waals surface area contributed by atoms with Crippen molar-refractivity contribution in [3.63, 3.8) is 0 Å². The van der Waals surface area contributed by atoms with Gasteiger partial charge in [-0.15, -0.1) is 0 Å². The minimum atomic E-state index is -3.36. The van der Waals surface area contributed by atoms with Crippen molar-refractivity contribution in [2.45, 2.75) is 12.5 Å². The molecular weight excluding hydrogens is 306 g/mol. The lowest BCUT2D eigenvalue weighted by Gasteiger charge is -2.34. The highest BCUT2D eigenvalue weighted by Crippen LogP contribution is 2.18. The molecule has 0 aliphatic carbocycles. The van der Waals surface area contributed by atoms with E-state index in [0.717, 1.165) is 5.75 Å². The maximum absolute atomic E-state index is 12.0. The molecule has 1 heterocycles. The van der Waals surface area contributed by atoms with E-state index < -0.39 is 22.0 Å². The van der Waals surface area contributed by atoms with Gasteiger partial charge in [-0.05, 0) is 7.05 Å². The lowest BCUT2D eigenvalue weighted by Crippen LogP contribution is -2.52. The number of thioether (sulfide) groups is 1. The number of nitrogens with zero attached hydrogens (tertiary/aromatic N) is 1. The van der Waals surface area contributed by atoms with E-state index in [9.17, 15) is 18.0 Å². The van der Waals surface area contributed by atoms with Crippen LogP contribution in [0.15, 0.2) is 0 Å². The summed E-state index contributed by atoms with van der Waals surface area (Å²) in [6.07, 6.45) is -0.102. The third-order valence-corrected chi connectivity index (χ3v) is 5.31. The van der Waals surface area contributed by atoms with Crippen molar-refractivity contribution in [2.75, 3.05) is 37.4 Å². The van der Waals surface area contributed by atoms with Crippen LogP contribution >= 0.6 is 11.8 Å². The Morgan fingerprint density at radius 1 is 1.45 bits per heavy atom. The molecule has 1 aliphatic rings. The minimum absolute atomic E-state index is 0.00849. The van der Waals surface area contributed by atoms with Crippen LogP contribution in [0.3, 0.4) is 0 Å². The Kier molecular flexibility index (Phi) is 6.56. The summed E-state index contributed by atoms with van der Waals surface area (Å²) in [5.74, 6) is 0.168. The molecule has 116 valence electrons. The number of sulfonamides is 1. The number of nitrogens with one attached hydrogen (secondary N) is 2. The Morgan fingerprint density at radius 2 is 2.15 bits per heavy atom. The van der Waals surface area contributed by atoms with Crippen molar-refractivity contribution in [1.82, 2.24) is 14.9 Å². The molecule has 2 amide bonds. The molecule has 20 heavy (non-hydrogen) atoms. The number of carbonyl (C=O) groups is 2. The van der Waals surface area contributed by atoms with Crippen molar-refractivity contribution >= 4 is 33.8 Å². The van der Waals surface area contributed by atoms with Crippen LogP contribution in [0.5, 0.6) is 0 Å². The number of carboxylic acids is 1. The van der Waals surface area contributed by atoms with Gasteiger partial charge in [0, 0.05) is 24.6 Å². The predicted molar refractivity (Wildman–Crippen MR) is 76.3 cm³/mol. The molecule has 1 rings (SSSR count). The molecule has 1 unspecified atom stereocenters. The van der Waals surface area contributed by atoms with Gasteiger partial charge in [0.25, 0.3) is 0 Å². The Balaban J connectivity index is 2.49. The van der Waals surface area contributed by atoms with Crippen LogP contribution in [0.25, 0.3) is 0 Å². The van der Waals surface area contributed by atoms with Gasteiger partial charge in [0.2, 0.25) is 10.0 Å². The van der Waals surface area contributed by atoms with Gasteiger partial charge in [-0.1, -0.05) is 0 Å². The number of carbonyl (C=O) groups excluding carboxylic acids is 1. The lowest BCUT2D eigenvalue weighted by atomic mass is 10.2. The molecule has 1 fully saturated rings. The van der Waals surface area contributed by atoms with Gasteiger partial charge in [-0.3, -0.25) is 4.79 Å². The quantitative estimate of drug-likeness (QED) is 0.585. The maximum Gasteiger partial charge on any atom is 0.317 e. The second-order valence-electron chi connectivity index (χ2n) is 4.27. The first-order valence-electron chi connectivity index (χ1n) is 6.11. The van der Waals surface area contributed by atoms with Gasteiger partial charge in [0.15, 0.2) is 0 Å². The van der Waals surface area contributed by atoms with Gasteiger partial charge in [-0.2, -0.15) is 11.8 Å². The van der Waals surface area contributed by atoms with Crippen LogP contribution in [0, 0.1) is 0 Å². The zero-order valence-electron chi connectivity index (χ0n) is 11.2. The van der Waals surface area contributed by atoms with Crippen molar-refractivity contribution in [3.8, 4) is 0 Å². The molecule has 0 radical (unpaired) electrons. The van der Waals surface area contributed by atoms with Crippen molar-refractivity contribution in [3.05, 3.63) is 0 Å². The monoisotopic (exact) mass is 325 g/mol. The maximum atomic E-state index is 12.0. The molecule has 3 N–H and O–H groups in total. The van der Waals surface area contributed by atoms with E-state index in [1.165, 1.54) is 11.9 Å². The average Bonchev–Trinajstić information content (AvgIpc) is 2.38. The fourth-order valence-corrected chi connectivity index (χ4v) is 3.43. The standard InChI is InChI=1S/C10H19N3O5S2/c1-11-20(17,18)5-2-12-10(16)13-3-4-19-7-8(13)6-9(14)15/h8,11H,2-7H2,1H3,(H,12,16)(H,14,15). The molecule has 0 aromatic rings. The van der Waals surface area contributed by atoms with Crippen molar-refractivity contribution in [1.29, 1.82) is 0 Å². The number of amides is 2. The number of urea groups is 1. The molecule has 10 heteroatoms. The summed E-state index contributed by atoms with van der Waals surface area (Å²) >= 11 is 1.61. The molecule has 0 saturated carbocycles. The first kappa shape index (κ1) is 17.1. The van der Waals surface area contributed by atoms with E-state index in [1.807, 2.05) is 0 Å². The third kappa shape index (κ3) is 5.55. The fraction of sp³-hybridized carbons (Fsp3) is 0.800. The smallest absolute Gasteiger partial charge is 0.317 e. The van der Waals surface area contributed by atoms with E-state index >= 15 is 0 Å². The summed E-state index contributed by atoms with van der Waals surface area (Å²) in [5, 5.41) is 11.3. The van der Waals surface area contributed by atoms with Gasteiger partial charge in [-0.25, -0.2) is 17.9 Å². The zero-order valence-corrected chi connectivity index (χ0v) is 12.8. The van der Waals surface area contributed by atoms with E-state index in [0.29, 0.717) is 12.3 Å². The van der Waals surface area contributed by atoms with E-state index in [1.54, 1.807) is 11.8 Å². The summed E-state index contributed by atoms with van der Waals surface area (Å²) in [5.41, 5.74) is 0. The number of aliphatic carboxylic acids is 1.